The van der Waals surface area contributed by atoms with E-state index in [1.165, 1.54) is 23.1 Å². The standard InChI is InChI=1S/C14H16ClFN2O3/c15-9-5-4-6-10(16)12(9)17-14(21)18-8-3-1-2-7-11(18)13(19)20/h4-6,11H,1-3,7-8H2,(H,17,21)(H,19,20). The summed E-state index contributed by atoms with van der Waals surface area (Å²) in [7, 11) is 0. The Morgan fingerprint density at radius 3 is 2.76 bits per heavy atom. The minimum absolute atomic E-state index is 0.0741. The Morgan fingerprint density at radius 1 is 1.33 bits per heavy atom. The maximum atomic E-state index is 13.7. The topological polar surface area (TPSA) is 69.6 Å². The van der Waals surface area contributed by atoms with E-state index in [2.05, 4.69) is 5.32 Å². The number of carbonyl (C=O) groups is 2. The molecule has 0 radical (unpaired) electrons. The molecule has 0 bridgehead atoms. The number of nitrogens with zero attached hydrogens (tertiary/aromatic N) is 1. The van der Waals surface area contributed by atoms with Gasteiger partial charge in [0, 0.05) is 6.54 Å². The highest BCUT2D eigenvalue weighted by Gasteiger charge is 2.31. The minimum atomic E-state index is -1.05. The average Bonchev–Trinajstić information content (AvgIpc) is 2.68. The van der Waals surface area contributed by atoms with Gasteiger partial charge in [0.25, 0.3) is 0 Å². The summed E-state index contributed by atoms with van der Waals surface area (Å²) in [6.45, 7) is 0.328. The molecule has 1 atom stereocenters. The molecule has 1 fully saturated rings. The lowest BCUT2D eigenvalue weighted by atomic mass is 10.1. The van der Waals surface area contributed by atoms with Gasteiger partial charge in [-0.15, -0.1) is 0 Å². The molecule has 1 unspecified atom stereocenters. The van der Waals surface area contributed by atoms with Crippen LogP contribution in [0.5, 0.6) is 0 Å². The molecule has 2 N–H and O–H groups in total. The second-order valence-corrected chi connectivity index (χ2v) is 5.33. The number of anilines is 1. The Labute approximate surface area is 126 Å². The maximum Gasteiger partial charge on any atom is 0.326 e. The van der Waals surface area contributed by atoms with Crippen LogP contribution in [-0.4, -0.2) is 34.6 Å². The number of hydrogen-bond donors (Lipinski definition) is 2. The number of nitrogens with one attached hydrogen (secondary N) is 1. The smallest absolute Gasteiger partial charge is 0.326 e. The van der Waals surface area contributed by atoms with Crippen molar-refractivity contribution in [1.29, 1.82) is 0 Å². The van der Waals surface area contributed by atoms with Gasteiger partial charge in [0.1, 0.15) is 11.9 Å². The molecule has 1 aromatic rings. The Kier molecular flexibility index (Phi) is 5.01. The molecule has 2 rings (SSSR count). The molecule has 0 aromatic heterocycles. The summed E-state index contributed by atoms with van der Waals surface area (Å²) in [6.07, 6.45) is 2.74. The number of urea groups is 1. The quantitative estimate of drug-likeness (QED) is 0.879. The van der Waals surface area contributed by atoms with Gasteiger partial charge in [0.15, 0.2) is 0 Å². The van der Waals surface area contributed by atoms with Gasteiger partial charge in [0.05, 0.1) is 10.7 Å². The molecule has 0 spiro atoms. The van der Waals surface area contributed by atoms with Crippen LogP contribution >= 0.6 is 11.6 Å². The van der Waals surface area contributed by atoms with E-state index in [4.69, 9.17) is 11.6 Å². The van der Waals surface area contributed by atoms with Crippen molar-refractivity contribution >= 4 is 29.3 Å². The summed E-state index contributed by atoms with van der Waals surface area (Å²) in [5.74, 6) is -1.70. The Balaban J connectivity index is 2.19. The van der Waals surface area contributed by atoms with Gasteiger partial charge >= 0.3 is 12.0 Å². The fourth-order valence-electron chi connectivity index (χ4n) is 2.40. The van der Waals surface area contributed by atoms with Crippen LogP contribution in [0, 0.1) is 5.82 Å². The number of benzene rings is 1. The Morgan fingerprint density at radius 2 is 2.10 bits per heavy atom. The van der Waals surface area contributed by atoms with Gasteiger partial charge in [-0.1, -0.05) is 30.5 Å². The summed E-state index contributed by atoms with van der Waals surface area (Å²) in [5.41, 5.74) is -0.127. The summed E-state index contributed by atoms with van der Waals surface area (Å²) >= 11 is 5.85. The number of carbonyl (C=O) groups excluding carboxylic acids is 1. The number of para-hydroxylation sites is 1. The zero-order valence-corrected chi connectivity index (χ0v) is 12.1. The first-order valence-corrected chi connectivity index (χ1v) is 7.13. The number of carboxylic acids is 1. The van der Waals surface area contributed by atoms with Crippen molar-refractivity contribution in [2.24, 2.45) is 0 Å². The Hall–Kier alpha value is -1.82. The van der Waals surface area contributed by atoms with Crippen LogP contribution in [0.1, 0.15) is 25.7 Å². The van der Waals surface area contributed by atoms with Gasteiger partial charge in [-0.3, -0.25) is 0 Å². The minimum Gasteiger partial charge on any atom is -0.480 e. The van der Waals surface area contributed by atoms with Crippen molar-refractivity contribution in [3.63, 3.8) is 0 Å². The van der Waals surface area contributed by atoms with Crippen LogP contribution in [0.2, 0.25) is 5.02 Å². The number of halogens is 2. The van der Waals surface area contributed by atoms with E-state index in [9.17, 15) is 19.1 Å². The second kappa shape index (κ2) is 6.76. The van der Waals surface area contributed by atoms with Crippen molar-refractivity contribution < 1.29 is 19.1 Å². The summed E-state index contributed by atoms with van der Waals surface area (Å²) in [6, 6.07) is 2.53. The third-order valence-corrected chi connectivity index (χ3v) is 3.81. The first kappa shape index (κ1) is 15.6. The molecule has 0 aliphatic carbocycles. The normalized spacial score (nSPS) is 19.0. The summed E-state index contributed by atoms with van der Waals surface area (Å²) in [5, 5.41) is 11.7. The number of aliphatic carboxylic acids is 1. The molecule has 0 saturated carbocycles. The molecule has 1 aliphatic rings. The lowest BCUT2D eigenvalue weighted by Gasteiger charge is -2.27. The molecule has 1 saturated heterocycles. The largest absolute Gasteiger partial charge is 0.480 e. The zero-order chi connectivity index (χ0) is 15.4. The monoisotopic (exact) mass is 314 g/mol. The molecule has 114 valence electrons. The van der Waals surface area contributed by atoms with Crippen LogP contribution in [-0.2, 0) is 4.79 Å². The highest BCUT2D eigenvalue weighted by atomic mass is 35.5. The van der Waals surface area contributed by atoms with E-state index in [1.807, 2.05) is 0 Å². The van der Waals surface area contributed by atoms with E-state index in [0.717, 1.165) is 19.3 Å². The van der Waals surface area contributed by atoms with Crippen LogP contribution in [0.25, 0.3) is 0 Å². The number of rotatable bonds is 2. The van der Waals surface area contributed by atoms with E-state index >= 15 is 0 Å². The fraction of sp³-hybridized carbons (Fsp3) is 0.429. The SMILES string of the molecule is O=C(O)C1CCCCCN1C(=O)Nc1c(F)cccc1Cl. The molecule has 2 amide bonds. The lowest BCUT2D eigenvalue weighted by molar-refractivity contribution is -0.142. The number of hydrogen-bond acceptors (Lipinski definition) is 2. The zero-order valence-electron chi connectivity index (χ0n) is 11.3. The first-order valence-electron chi connectivity index (χ1n) is 6.75. The second-order valence-electron chi connectivity index (χ2n) is 4.92. The molecule has 1 aromatic carbocycles. The van der Waals surface area contributed by atoms with Crippen molar-refractivity contribution in [3.8, 4) is 0 Å². The average molecular weight is 315 g/mol. The van der Waals surface area contributed by atoms with Gasteiger partial charge < -0.3 is 15.3 Å². The predicted octanol–water partition coefficient (Wildman–Crippen LogP) is 3.34. The lowest BCUT2D eigenvalue weighted by Crippen LogP contribution is -2.46. The van der Waals surface area contributed by atoms with Crippen molar-refractivity contribution in [2.75, 3.05) is 11.9 Å². The van der Waals surface area contributed by atoms with E-state index in [-0.39, 0.29) is 10.7 Å². The Bertz CT molecular complexity index is 533. The third-order valence-electron chi connectivity index (χ3n) is 3.49. The van der Waals surface area contributed by atoms with Gasteiger partial charge in [-0.2, -0.15) is 0 Å². The summed E-state index contributed by atoms with van der Waals surface area (Å²) in [4.78, 5) is 24.8. The number of amides is 2. The van der Waals surface area contributed by atoms with Crippen LogP contribution in [0.3, 0.4) is 0 Å². The maximum absolute atomic E-state index is 13.7. The first-order chi connectivity index (χ1) is 10.0. The van der Waals surface area contributed by atoms with Crippen molar-refractivity contribution in [1.82, 2.24) is 4.90 Å². The molecule has 1 heterocycles. The van der Waals surface area contributed by atoms with Crippen LogP contribution in [0.15, 0.2) is 18.2 Å². The summed E-state index contributed by atoms with van der Waals surface area (Å²) < 4.78 is 13.7. The molecular weight excluding hydrogens is 299 g/mol. The van der Waals surface area contributed by atoms with Crippen molar-refractivity contribution in [2.45, 2.75) is 31.7 Å². The predicted molar refractivity (Wildman–Crippen MR) is 77.0 cm³/mol. The van der Waals surface area contributed by atoms with Gasteiger partial charge in [0.2, 0.25) is 0 Å². The molecule has 5 nitrogen and oxygen atoms in total. The van der Waals surface area contributed by atoms with Crippen LogP contribution in [0.4, 0.5) is 14.9 Å². The van der Waals surface area contributed by atoms with Crippen LogP contribution < -0.4 is 5.32 Å². The third kappa shape index (κ3) is 3.64. The van der Waals surface area contributed by atoms with Gasteiger partial charge in [-0.25, -0.2) is 14.0 Å². The van der Waals surface area contributed by atoms with E-state index in [0.29, 0.717) is 13.0 Å². The van der Waals surface area contributed by atoms with E-state index in [1.54, 1.807) is 0 Å². The number of likely N-dealkylation sites (tertiary alicyclic amines) is 1. The number of carboxylic acid groups (broad SMARTS) is 1. The molecule has 1 aliphatic heterocycles. The van der Waals surface area contributed by atoms with Gasteiger partial charge in [-0.05, 0) is 25.0 Å². The molecular formula is C14H16ClFN2O3. The highest BCUT2D eigenvalue weighted by Crippen LogP contribution is 2.26. The van der Waals surface area contributed by atoms with Crippen molar-refractivity contribution in [3.05, 3.63) is 29.0 Å². The fourth-order valence-corrected chi connectivity index (χ4v) is 2.61. The molecule has 7 heteroatoms. The van der Waals surface area contributed by atoms with E-state index < -0.39 is 23.9 Å². The molecule has 21 heavy (non-hydrogen) atoms. The highest BCUT2D eigenvalue weighted by molar-refractivity contribution is 6.33.